The van der Waals surface area contributed by atoms with Crippen LogP contribution in [0.2, 0.25) is 0 Å². The van der Waals surface area contributed by atoms with E-state index in [4.69, 9.17) is 4.42 Å². The van der Waals surface area contributed by atoms with Crippen molar-refractivity contribution in [2.75, 3.05) is 0 Å². The molecule has 92 valence electrons. The van der Waals surface area contributed by atoms with Gasteiger partial charge in [-0.15, -0.1) is 0 Å². The number of carbonyl (C=O) groups is 1. The molecule has 3 heterocycles. The lowest BCUT2D eigenvalue weighted by atomic mass is 10.00. The number of piperidine rings is 1. The van der Waals surface area contributed by atoms with Crippen molar-refractivity contribution in [2.45, 2.75) is 50.7 Å². The van der Waals surface area contributed by atoms with Crippen LogP contribution in [0.1, 0.15) is 41.9 Å². The summed E-state index contributed by atoms with van der Waals surface area (Å²) in [6.07, 6.45) is 5.83. The van der Waals surface area contributed by atoms with E-state index in [0.29, 0.717) is 23.5 Å². The zero-order valence-corrected chi connectivity index (χ0v) is 9.90. The number of hydrogen-bond acceptors (Lipinski definition) is 4. The molecule has 0 saturated carbocycles. The lowest BCUT2D eigenvalue weighted by Gasteiger charge is -2.29. The molecule has 1 aromatic rings. The zero-order chi connectivity index (χ0) is 11.8. The van der Waals surface area contributed by atoms with E-state index in [1.165, 1.54) is 19.2 Å². The van der Waals surface area contributed by atoms with E-state index >= 15 is 0 Å². The van der Waals surface area contributed by atoms with Gasteiger partial charge >= 0.3 is 0 Å². The van der Waals surface area contributed by atoms with Gasteiger partial charge in [-0.05, 0) is 32.6 Å². The summed E-state index contributed by atoms with van der Waals surface area (Å²) in [5.74, 6) is 0.210. The maximum atomic E-state index is 12.0. The first-order valence-electron chi connectivity index (χ1n) is 6.19. The predicted octanol–water partition coefficient (Wildman–Crippen LogP) is 0.996. The Kier molecular flexibility index (Phi) is 2.63. The average Bonchev–Trinajstić information content (AvgIpc) is 2.85. The molecule has 0 aromatic carbocycles. The van der Waals surface area contributed by atoms with E-state index in [-0.39, 0.29) is 11.9 Å². The van der Waals surface area contributed by atoms with Gasteiger partial charge in [0.2, 0.25) is 5.76 Å². The Hall–Kier alpha value is -1.36. The Morgan fingerprint density at radius 2 is 2.18 bits per heavy atom. The molecule has 17 heavy (non-hydrogen) atoms. The third-order valence-electron chi connectivity index (χ3n) is 3.76. The Bertz CT molecular complexity index is 417. The van der Waals surface area contributed by atoms with Crippen LogP contribution in [0.15, 0.2) is 10.8 Å². The molecule has 5 heteroatoms. The highest BCUT2D eigenvalue weighted by Gasteiger charge is 2.34. The van der Waals surface area contributed by atoms with E-state index in [1.807, 2.05) is 0 Å². The number of rotatable bonds is 2. The smallest absolute Gasteiger partial charge is 0.289 e. The van der Waals surface area contributed by atoms with Crippen molar-refractivity contribution in [3.05, 3.63) is 17.8 Å². The van der Waals surface area contributed by atoms with Gasteiger partial charge in [0, 0.05) is 18.1 Å². The minimum absolute atomic E-state index is 0.133. The minimum atomic E-state index is -0.133. The number of carbonyl (C=O) groups excluding carboxylic acids is 1. The first kappa shape index (κ1) is 10.8. The lowest BCUT2D eigenvalue weighted by molar-refractivity contribution is 0.0895. The lowest BCUT2D eigenvalue weighted by Crippen LogP contribution is -2.48. The van der Waals surface area contributed by atoms with Crippen LogP contribution in [-0.4, -0.2) is 29.0 Å². The number of oxazole rings is 1. The van der Waals surface area contributed by atoms with Crippen LogP contribution >= 0.6 is 0 Å². The Balaban J connectivity index is 1.64. The molecule has 2 bridgehead atoms. The third-order valence-corrected chi connectivity index (χ3v) is 3.76. The summed E-state index contributed by atoms with van der Waals surface area (Å²) in [6.45, 7) is 1.78. The van der Waals surface area contributed by atoms with E-state index in [0.717, 1.165) is 12.8 Å². The normalized spacial score (nSPS) is 31.5. The maximum Gasteiger partial charge on any atom is 0.289 e. The Morgan fingerprint density at radius 3 is 2.76 bits per heavy atom. The molecule has 2 aliphatic heterocycles. The molecule has 0 radical (unpaired) electrons. The van der Waals surface area contributed by atoms with Crippen molar-refractivity contribution in [2.24, 2.45) is 0 Å². The van der Waals surface area contributed by atoms with Crippen LogP contribution in [0.3, 0.4) is 0 Å². The van der Waals surface area contributed by atoms with Crippen LogP contribution in [-0.2, 0) is 0 Å². The van der Waals surface area contributed by atoms with Gasteiger partial charge in [-0.1, -0.05) is 0 Å². The number of nitrogens with one attached hydrogen (secondary N) is 2. The molecule has 3 rings (SSSR count). The number of amides is 1. The fraction of sp³-hybridized carbons (Fsp3) is 0.667. The number of hydrogen-bond donors (Lipinski definition) is 2. The number of nitrogens with zero attached hydrogens (tertiary/aromatic N) is 1. The molecule has 2 N–H and O–H groups in total. The molecule has 0 aliphatic carbocycles. The maximum absolute atomic E-state index is 12.0. The van der Waals surface area contributed by atoms with Crippen LogP contribution in [0.25, 0.3) is 0 Å². The molecule has 1 aromatic heterocycles. The van der Waals surface area contributed by atoms with Crippen molar-refractivity contribution in [3.8, 4) is 0 Å². The van der Waals surface area contributed by atoms with Crippen LogP contribution in [0.4, 0.5) is 0 Å². The second-order valence-electron chi connectivity index (χ2n) is 5.05. The number of fused-ring (bicyclic) bond motifs is 2. The molecule has 2 saturated heterocycles. The molecule has 2 fully saturated rings. The van der Waals surface area contributed by atoms with Gasteiger partial charge in [0.15, 0.2) is 6.39 Å². The van der Waals surface area contributed by atoms with Crippen molar-refractivity contribution in [3.63, 3.8) is 0 Å². The second kappa shape index (κ2) is 4.14. The summed E-state index contributed by atoms with van der Waals surface area (Å²) in [5, 5.41) is 6.60. The highest BCUT2D eigenvalue weighted by molar-refractivity contribution is 5.92. The van der Waals surface area contributed by atoms with Crippen molar-refractivity contribution in [1.82, 2.24) is 15.6 Å². The fourth-order valence-corrected chi connectivity index (χ4v) is 2.95. The predicted molar refractivity (Wildman–Crippen MR) is 61.7 cm³/mol. The minimum Gasteiger partial charge on any atom is -0.438 e. The largest absolute Gasteiger partial charge is 0.438 e. The van der Waals surface area contributed by atoms with E-state index in [1.54, 1.807) is 6.92 Å². The fourth-order valence-electron chi connectivity index (χ4n) is 2.95. The summed E-state index contributed by atoms with van der Waals surface area (Å²) in [5.41, 5.74) is 0.652. The quantitative estimate of drug-likeness (QED) is 0.802. The van der Waals surface area contributed by atoms with Crippen molar-refractivity contribution < 1.29 is 9.21 Å². The van der Waals surface area contributed by atoms with Gasteiger partial charge in [0.05, 0.1) is 5.69 Å². The molecular formula is C12H17N3O2. The zero-order valence-electron chi connectivity index (χ0n) is 9.90. The van der Waals surface area contributed by atoms with Gasteiger partial charge < -0.3 is 15.1 Å². The number of aromatic nitrogens is 1. The summed E-state index contributed by atoms with van der Waals surface area (Å²) in [6, 6.07) is 1.43. The van der Waals surface area contributed by atoms with Gasteiger partial charge in [-0.25, -0.2) is 4.98 Å². The molecule has 0 spiro atoms. The third kappa shape index (κ3) is 2.07. The Labute approximate surface area is 100.0 Å². The molecule has 2 aliphatic rings. The first-order chi connectivity index (χ1) is 8.22. The topological polar surface area (TPSA) is 67.2 Å². The molecule has 1 amide bonds. The summed E-state index contributed by atoms with van der Waals surface area (Å²) in [4.78, 5) is 15.9. The number of aryl methyl sites for hydroxylation is 1. The van der Waals surface area contributed by atoms with Gasteiger partial charge in [-0.2, -0.15) is 0 Å². The summed E-state index contributed by atoms with van der Waals surface area (Å²) >= 11 is 0. The molecule has 2 unspecified atom stereocenters. The SMILES string of the molecule is Cc1ncoc1C(=O)NC1CC2CCC(C1)N2. The van der Waals surface area contributed by atoms with Crippen LogP contribution in [0.5, 0.6) is 0 Å². The highest BCUT2D eigenvalue weighted by atomic mass is 16.3. The van der Waals surface area contributed by atoms with Gasteiger partial charge in [0.25, 0.3) is 5.91 Å². The second-order valence-corrected chi connectivity index (χ2v) is 5.05. The first-order valence-corrected chi connectivity index (χ1v) is 6.19. The molecular weight excluding hydrogens is 218 g/mol. The van der Waals surface area contributed by atoms with Crippen molar-refractivity contribution in [1.29, 1.82) is 0 Å². The van der Waals surface area contributed by atoms with Gasteiger partial charge in [-0.3, -0.25) is 4.79 Å². The average molecular weight is 235 g/mol. The standard InChI is InChI=1S/C12H17N3O2/c1-7-11(17-6-13-7)12(16)15-10-4-8-2-3-9(5-10)14-8/h6,8-10,14H,2-5H2,1H3,(H,15,16). The monoisotopic (exact) mass is 235 g/mol. The Morgan fingerprint density at radius 1 is 1.47 bits per heavy atom. The van der Waals surface area contributed by atoms with Crippen LogP contribution < -0.4 is 10.6 Å². The van der Waals surface area contributed by atoms with Crippen LogP contribution in [0, 0.1) is 6.92 Å². The molecule has 2 atom stereocenters. The van der Waals surface area contributed by atoms with E-state index in [2.05, 4.69) is 15.6 Å². The summed E-state index contributed by atoms with van der Waals surface area (Å²) in [7, 11) is 0. The highest BCUT2D eigenvalue weighted by Crippen LogP contribution is 2.26. The van der Waals surface area contributed by atoms with E-state index in [9.17, 15) is 4.79 Å². The van der Waals surface area contributed by atoms with Gasteiger partial charge in [0.1, 0.15) is 0 Å². The van der Waals surface area contributed by atoms with E-state index < -0.39 is 0 Å². The molecule has 5 nitrogen and oxygen atoms in total. The summed E-state index contributed by atoms with van der Waals surface area (Å²) < 4.78 is 5.10. The van der Waals surface area contributed by atoms with Crippen molar-refractivity contribution >= 4 is 5.91 Å².